The van der Waals surface area contributed by atoms with Gasteiger partial charge in [-0.05, 0) is 74.5 Å². The van der Waals surface area contributed by atoms with Crippen LogP contribution in [0.4, 0.5) is 5.69 Å². The lowest BCUT2D eigenvalue weighted by atomic mass is 10.0. The van der Waals surface area contributed by atoms with Crippen LogP contribution >= 0.6 is 15.9 Å². The third-order valence-electron chi connectivity index (χ3n) is 4.37. The molecule has 1 N–H and O–H groups in total. The van der Waals surface area contributed by atoms with Gasteiger partial charge in [-0.15, -0.1) is 0 Å². The fourth-order valence-electron chi connectivity index (χ4n) is 2.81. The van der Waals surface area contributed by atoms with E-state index in [4.69, 9.17) is 0 Å². The second kappa shape index (κ2) is 6.92. The highest BCUT2D eigenvalue weighted by Gasteiger charge is 2.22. The molecule has 0 aliphatic carbocycles. The maximum atomic E-state index is 3.75. The molecule has 1 saturated heterocycles. The third kappa shape index (κ3) is 3.54. The Morgan fingerprint density at radius 2 is 2.15 bits per heavy atom. The summed E-state index contributed by atoms with van der Waals surface area (Å²) in [5, 5.41) is 3.29. The third-order valence-corrected chi connectivity index (χ3v) is 5.01. The molecule has 1 aliphatic heterocycles. The first kappa shape index (κ1) is 15.8. The first-order valence-electron chi connectivity index (χ1n) is 7.41. The standard InChI is InChI=1S/C16H26BrN3/c1-12(18-2)13-7-8-16(15(17)10-13)20-9-5-6-14(11-20)19(3)4/h7-8,10,12,14,18H,5-6,9,11H2,1-4H3. The zero-order valence-corrected chi connectivity index (χ0v) is 14.6. The SMILES string of the molecule is CNC(C)c1ccc(N2CCCC(N(C)C)C2)c(Br)c1. The van der Waals surface area contributed by atoms with Crippen LogP contribution in [0.2, 0.25) is 0 Å². The summed E-state index contributed by atoms with van der Waals surface area (Å²) in [5.41, 5.74) is 2.65. The highest BCUT2D eigenvalue weighted by molar-refractivity contribution is 9.10. The lowest BCUT2D eigenvalue weighted by molar-refractivity contribution is 0.258. The molecule has 2 rings (SSSR count). The average molecular weight is 340 g/mol. The smallest absolute Gasteiger partial charge is 0.0511 e. The lowest BCUT2D eigenvalue weighted by Gasteiger charge is -2.38. The van der Waals surface area contributed by atoms with Gasteiger partial charge in [-0.2, -0.15) is 0 Å². The molecule has 0 saturated carbocycles. The molecule has 0 aromatic heterocycles. The van der Waals surface area contributed by atoms with Gasteiger partial charge in [0.25, 0.3) is 0 Å². The van der Waals surface area contributed by atoms with Gasteiger partial charge in [0.05, 0.1) is 5.69 Å². The van der Waals surface area contributed by atoms with Crippen molar-refractivity contribution in [2.45, 2.75) is 31.8 Å². The van der Waals surface area contributed by atoms with Gasteiger partial charge in [-0.1, -0.05) is 6.07 Å². The van der Waals surface area contributed by atoms with E-state index in [1.807, 2.05) is 7.05 Å². The molecule has 0 bridgehead atoms. The maximum Gasteiger partial charge on any atom is 0.0511 e. The Morgan fingerprint density at radius 3 is 2.75 bits per heavy atom. The number of nitrogens with one attached hydrogen (secondary N) is 1. The van der Waals surface area contributed by atoms with E-state index in [0.717, 1.165) is 13.1 Å². The number of anilines is 1. The van der Waals surface area contributed by atoms with Gasteiger partial charge in [-0.25, -0.2) is 0 Å². The Bertz CT molecular complexity index is 447. The number of rotatable bonds is 4. The molecule has 4 heteroatoms. The van der Waals surface area contributed by atoms with Crippen molar-refractivity contribution in [2.75, 3.05) is 39.1 Å². The van der Waals surface area contributed by atoms with Crippen molar-refractivity contribution in [3.8, 4) is 0 Å². The Hall–Kier alpha value is -0.580. The van der Waals surface area contributed by atoms with Gasteiger partial charge >= 0.3 is 0 Å². The van der Waals surface area contributed by atoms with Crippen molar-refractivity contribution in [3.63, 3.8) is 0 Å². The van der Waals surface area contributed by atoms with E-state index in [0.29, 0.717) is 12.1 Å². The molecule has 0 spiro atoms. The van der Waals surface area contributed by atoms with Crippen molar-refractivity contribution < 1.29 is 0 Å². The summed E-state index contributed by atoms with van der Waals surface area (Å²) >= 11 is 3.75. The Morgan fingerprint density at radius 1 is 1.40 bits per heavy atom. The Labute approximate surface area is 131 Å². The second-order valence-electron chi connectivity index (χ2n) is 5.93. The predicted octanol–water partition coefficient (Wildman–Crippen LogP) is 3.26. The summed E-state index contributed by atoms with van der Waals surface area (Å²) in [6.45, 7) is 4.46. The second-order valence-corrected chi connectivity index (χ2v) is 6.78. The lowest BCUT2D eigenvalue weighted by Crippen LogP contribution is -2.45. The Kier molecular flexibility index (Phi) is 5.47. The summed E-state index contributed by atoms with van der Waals surface area (Å²) in [6, 6.07) is 7.78. The van der Waals surface area contributed by atoms with E-state index in [-0.39, 0.29) is 0 Å². The topological polar surface area (TPSA) is 18.5 Å². The van der Waals surface area contributed by atoms with E-state index < -0.39 is 0 Å². The fraction of sp³-hybridized carbons (Fsp3) is 0.625. The van der Waals surface area contributed by atoms with Gasteiger partial charge in [0.2, 0.25) is 0 Å². The molecule has 0 amide bonds. The zero-order valence-electron chi connectivity index (χ0n) is 13.0. The largest absolute Gasteiger partial charge is 0.369 e. The maximum absolute atomic E-state index is 3.75. The molecule has 3 nitrogen and oxygen atoms in total. The van der Waals surface area contributed by atoms with Crippen molar-refractivity contribution in [2.24, 2.45) is 0 Å². The van der Waals surface area contributed by atoms with Crippen LogP contribution in [0.25, 0.3) is 0 Å². The van der Waals surface area contributed by atoms with E-state index >= 15 is 0 Å². The summed E-state index contributed by atoms with van der Waals surface area (Å²) < 4.78 is 1.21. The normalized spacial score (nSPS) is 21.3. The molecule has 1 aromatic rings. The molecule has 1 heterocycles. The summed E-state index contributed by atoms with van der Waals surface area (Å²) in [7, 11) is 6.36. The van der Waals surface area contributed by atoms with Crippen molar-refractivity contribution in [3.05, 3.63) is 28.2 Å². The monoisotopic (exact) mass is 339 g/mol. The van der Waals surface area contributed by atoms with Crippen LogP contribution < -0.4 is 10.2 Å². The minimum atomic E-state index is 0.385. The van der Waals surface area contributed by atoms with E-state index in [2.05, 4.69) is 70.3 Å². The van der Waals surface area contributed by atoms with Crippen LogP contribution in [-0.4, -0.2) is 45.2 Å². The van der Waals surface area contributed by atoms with Gasteiger partial charge in [-0.3, -0.25) is 0 Å². The van der Waals surface area contributed by atoms with Crippen LogP contribution in [-0.2, 0) is 0 Å². The zero-order chi connectivity index (χ0) is 14.7. The predicted molar refractivity (Wildman–Crippen MR) is 90.5 cm³/mol. The van der Waals surface area contributed by atoms with E-state index in [1.165, 1.54) is 28.6 Å². The highest BCUT2D eigenvalue weighted by Crippen LogP contribution is 2.31. The summed E-state index contributed by atoms with van der Waals surface area (Å²) in [5.74, 6) is 0. The van der Waals surface area contributed by atoms with Crippen LogP contribution in [0.3, 0.4) is 0 Å². The first-order chi connectivity index (χ1) is 9.52. The van der Waals surface area contributed by atoms with Crippen molar-refractivity contribution >= 4 is 21.6 Å². The van der Waals surface area contributed by atoms with E-state index in [9.17, 15) is 0 Å². The van der Waals surface area contributed by atoms with Crippen molar-refractivity contribution in [1.82, 2.24) is 10.2 Å². The van der Waals surface area contributed by atoms with Crippen LogP contribution in [0, 0.1) is 0 Å². The molecule has 2 atom stereocenters. The van der Waals surface area contributed by atoms with Gasteiger partial charge in [0.1, 0.15) is 0 Å². The molecule has 0 radical (unpaired) electrons. The summed E-state index contributed by atoms with van der Waals surface area (Å²) in [6.07, 6.45) is 2.57. The molecule has 2 unspecified atom stereocenters. The minimum Gasteiger partial charge on any atom is -0.369 e. The molecular formula is C16H26BrN3. The summed E-state index contributed by atoms with van der Waals surface area (Å²) in [4.78, 5) is 4.85. The molecule has 1 fully saturated rings. The minimum absolute atomic E-state index is 0.385. The first-order valence-corrected chi connectivity index (χ1v) is 8.20. The van der Waals surface area contributed by atoms with Gasteiger partial charge in [0.15, 0.2) is 0 Å². The van der Waals surface area contributed by atoms with E-state index in [1.54, 1.807) is 0 Å². The number of hydrogen-bond donors (Lipinski definition) is 1. The number of nitrogens with zero attached hydrogens (tertiary/aromatic N) is 2. The molecule has 112 valence electrons. The molecule has 1 aromatic carbocycles. The fourth-order valence-corrected chi connectivity index (χ4v) is 3.46. The number of benzene rings is 1. The number of hydrogen-bond acceptors (Lipinski definition) is 3. The molecule has 20 heavy (non-hydrogen) atoms. The van der Waals surface area contributed by atoms with Crippen LogP contribution in [0.1, 0.15) is 31.4 Å². The number of piperidine rings is 1. The van der Waals surface area contributed by atoms with Gasteiger partial charge in [0, 0.05) is 29.6 Å². The van der Waals surface area contributed by atoms with Crippen molar-refractivity contribution in [1.29, 1.82) is 0 Å². The number of likely N-dealkylation sites (N-methyl/N-ethyl adjacent to an activating group) is 1. The van der Waals surface area contributed by atoms with Crippen LogP contribution in [0.15, 0.2) is 22.7 Å². The molecular weight excluding hydrogens is 314 g/mol. The number of halogens is 1. The van der Waals surface area contributed by atoms with Crippen LogP contribution in [0.5, 0.6) is 0 Å². The quantitative estimate of drug-likeness (QED) is 0.908. The average Bonchev–Trinajstić information content (AvgIpc) is 2.46. The molecule has 1 aliphatic rings. The van der Waals surface area contributed by atoms with Gasteiger partial charge < -0.3 is 15.1 Å². The highest BCUT2D eigenvalue weighted by atomic mass is 79.9. The Balaban J connectivity index is 2.16.